The average molecular weight is 563 g/mol. The molecule has 1 unspecified atom stereocenters. The van der Waals surface area contributed by atoms with Gasteiger partial charge in [-0.3, -0.25) is 9.89 Å². The molecule has 8 heteroatoms. The van der Waals surface area contributed by atoms with Crippen molar-refractivity contribution in [3.8, 4) is 0 Å². The number of benzene rings is 1. The Morgan fingerprint density at radius 2 is 1.87 bits per heavy atom. The molecule has 3 rings (SSSR count). The Kier molecular flexibility index (Phi) is 10.5. The monoisotopic (exact) mass is 562 g/mol. The summed E-state index contributed by atoms with van der Waals surface area (Å²) in [6, 6.07) is 6.08. The minimum Gasteiger partial charge on any atom is -0.355 e. The maximum absolute atomic E-state index is 11.8. The number of aryl methyl sites for hydroxylation is 1. The van der Waals surface area contributed by atoms with Gasteiger partial charge in [-0.15, -0.1) is 24.0 Å². The van der Waals surface area contributed by atoms with E-state index < -0.39 is 9.84 Å². The van der Waals surface area contributed by atoms with Crippen molar-refractivity contribution in [1.82, 2.24) is 15.5 Å². The fraction of sp³-hybridized carbons (Fsp3) is 0.696. The highest BCUT2D eigenvalue weighted by molar-refractivity contribution is 14.0. The normalized spacial score (nSPS) is 21.0. The molecule has 0 spiro atoms. The van der Waals surface area contributed by atoms with E-state index in [9.17, 15) is 8.42 Å². The molecule has 31 heavy (non-hydrogen) atoms. The van der Waals surface area contributed by atoms with E-state index in [1.54, 1.807) is 13.1 Å². The lowest BCUT2D eigenvalue weighted by Crippen LogP contribution is -2.45. The van der Waals surface area contributed by atoms with Crippen LogP contribution in [0.4, 0.5) is 0 Å². The molecule has 1 atom stereocenters. The van der Waals surface area contributed by atoms with Crippen LogP contribution in [0, 0.1) is 12.8 Å². The maximum atomic E-state index is 11.8. The van der Waals surface area contributed by atoms with Crippen molar-refractivity contribution in [3.05, 3.63) is 29.3 Å². The molecule has 1 aromatic carbocycles. The van der Waals surface area contributed by atoms with Gasteiger partial charge in [0.25, 0.3) is 0 Å². The molecule has 2 N–H and O–H groups in total. The van der Waals surface area contributed by atoms with Crippen LogP contribution in [-0.4, -0.2) is 58.3 Å². The van der Waals surface area contributed by atoms with Crippen molar-refractivity contribution in [2.24, 2.45) is 10.9 Å². The van der Waals surface area contributed by atoms with Crippen molar-refractivity contribution in [2.75, 3.05) is 32.9 Å². The molecule has 1 heterocycles. The summed E-state index contributed by atoms with van der Waals surface area (Å²) in [7, 11) is -1.39. The zero-order chi connectivity index (χ0) is 21.6. The predicted molar refractivity (Wildman–Crippen MR) is 139 cm³/mol. The summed E-state index contributed by atoms with van der Waals surface area (Å²) < 4.78 is 23.6. The van der Waals surface area contributed by atoms with Crippen molar-refractivity contribution in [1.29, 1.82) is 0 Å². The summed E-state index contributed by atoms with van der Waals surface area (Å²) in [6.07, 6.45) is 10.8. The van der Waals surface area contributed by atoms with Crippen LogP contribution < -0.4 is 10.6 Å². The number of guanidine groups is 1. The molecule has 6 nitrogen and oxygen atoms in total. The molecule has 0 amide bonds. The lowest BCUT2D eigenvalue weighted by Gasteiger charge is -2.31. The molecular weight excluding hydrogens is 523 g/mol. The standard InChI is InChI=1S/C23H38N4O2S.HI/c1-18-14-20(11-12-22(18)30(3,28)29)15-25-23(24-2)26-16-21-10-7-13-27(21)17-19-8-5-4-6-9-19;/h11-12,14,19,21H,4-10,13,15-17H2,1-3H3,(H2,24,25,26);1H. The topological polar surface area (TPSA) is 73.8 Å². The van der Waals surface area contributed by atoms with Crippen LogP contribution in [-0.2, 0) is 16.4 Å². The molecule has 1 saturated carbocycles. The number of halogens is 1. The van der Waals surface area contributed by atoms with Gasteiger partial charge < -0.3 is 10.6 Å². The van der Waals surface area contributed by atoms with Gasteiger partial charge in [-0.2, -0.15) is 0 Å². The number of sulfone groups is 1. The zero-order valence-corrected chi connectivity index (χ0v) is 22.3. The van der Waals surface area contributed by atoms with Crippen LogP contribution in [0.25, 0.3) is 0 Å². The van der Waals surface area contributed by atoms with Gasteiger partial charge in [0.2, 0.25) is 0 Å². The van der Waals surface area contributed by atoms with Crippen molar-refractivity contribution in [3.63, 3.8) is 0 Å². The average Bonchev–Trinajstić information content (AvgIpc) is 3.15. The number of likely N-dealkylation sites (tertiary alicyclic amines) is 1. The molecule has 1 aliphatic heterocycles. The third kappa shape index (κ3) is 7.89. The van der Waals surface area contributed by atoms with Crippen molar-refractivity contribution >= 4 is 39.8 Å². The third-order valence-electron chi connectivity index (χ3n) is 6.54. The fourth-order valence-electron chi connectivity index (χ4n) is 4.93. The molecule has 0 radical (unpaired) electrons. The van der Waals surface area contributed by atoms with Gasteiger partial charge in [-0.1, -0.05) is 31.4 Å². The maximum Gasteiger partial charge on any atom is 0.191 e. The quantitative estimate of drug-likeness (QED) is 0.301. The Hall–Kier alpha value is -0.870. The van der Waals surface area contributed by atoms with Crippen LogP contribution in [0.3, 0.4) is 0 Å². The van der Waals surface area contributed by atoms with E-state index in [1.807, 2.05) is 19.1 Å². The molecular formula is C23H39IN4O2S. The van der Waals surface area contributed by atoms with E-state index >= 15 is 0 Å². The van der Waals surface area contributed by atoms with E-state index in [0.29, 0.717) is 17.5 Å². The number of nitrogens with zero attached hydrogens (tertiary/aromatic N) is 2. The fourth-order valence-corrected chi connectivity index (χ4v) is 5.89. The van der Waals surface area contributed by atoms with E-state index in [0.717, 1.165) is 29.5 Å². The molecule has 1 saturated heterocycles. The number of hydrogen-bond donors (Lipinski definition) is 2. The first-order valence-corrected chi connectivity index (χ1v) is 13.2. The minimum absolute atomic E-state index is 0. The molecule has 2 aliphatic rings. The number of rotatable bonds is 7. The summed E-state index contributed by atoms with van der Waals surface area (Å²) in [5.41, 5.74) is 1.83. The van der Waals surface area contributed by atoms with Gasteiger partial charge in [-0.05, 0) is 62.3 Å². The molecule has 1 aliphatic carbocycles. The lowest BCUT2D eigenvalue weighted by atomic mass is 9.89. The Labute approximate surface area is 205 Å². The molecule has 2 fully saturated rings. The summed E-state index contributed by atoms with van der Waals surface area (Å²) in [5, 5.41) is 6.86. The van der Waals surface area contributed by atoms with Crippen LogP contribution in [0.5, 0.6) is 0 Å². The lowest BCUT2D eigenvalue weighted by molar-refractivity contribution is 0.188. The van der Waals surface area contributed by atoms with Gasteiger partial charge in [0.05, 0.1) is 4.90 Å². The Morgan fingerprint density at radius 3 is 2.52 bits per heavy atom. The molecule has 0 bridgehead atoms. The first-order chi connectivity index (χ1) is 14.4. The predicted octanol–water partition coefficient (Wildman–Crippen LogP) is 3.73. The molecule has 0 aromatic heterocycles. The Bertz CT molecular complexity index is 838. The highest BCUT2D eigenvalue weighted by atomic mass is 127. The van der Waals surface area contributed by atoms with Crippen molar-refractivity contribution < 1.29 is 8.42 Å². The highest BCUT2D eigenvalue weighted by Gasteiger charge is 2.27. The number of aliphatic imine (C=N–C) groups is 1. The van der Waals surface area contributed by atoms with Gasteiger partial charge in [0.1, 0.15) is 0 Å². The second kappa shape index (κ2) is 12.4. The SMILES string of the molecule is CN=C(NCc1ccc(S(C)(=O)=O)c(C)c1)NCC1CCCN1CC1CCCCC1.I. The van der Waals surface area contributed by atoms with Gasteiger partial charge in [0.15, 0.2) is 15.8 Å². The molecule has 1 aromatic rings. The van der Waals surface area contributed by atoms with Crippen LogP contribution in [0.15, 0.2) is 28.1 Å². The van der Waals surface area contributed by atoms with Gasteiger partial charge >= 0.3 is 0 Å². The first kappa shape index (κ1) is 26.4. The first-order valence-electron chi connectivity index (χ1n) is 11.3. The van der Waals surface area contributed by atoms with E-state index in [2.05, 4.69) is 20.5 Å². The minimum atomic E-state index is -3.18. The van der Waals surface area contributed by atoms with E-state index in [4.69, 9.17) is 0 Å². The number of nitrogens with one attached hydrogen (secondary N) is 2. The van der Waals surface area contributed by atoms with E-state index in [-0.39, 0.29) is 24.0 Å². The van der Waals surface area contributed by atoms with Crippen LogP contribution in [0.2, 0.25) is 0 Å². The second-order valence-electron chi connectivity index (χ2n) is 8.97. The highest BCUT2D eigenvalue weighted by Crippen LogP contribution is 2.27. The summed E-state index contributed by atoms with van der Waals surface area (Å²) in [5.74, 6) is 1.68. The summed E-state index contributed by atoms with van der Waals surface area (Å²) in [4.78, 5) is 7.44. The molecule has 176 valence electrons. The zero-order valence-electron chi connectivity index (χ0n) is 19.2. The number of hydrogen-bond acceptors (Lipinski definition) is 4. The van der Waals surface area contributed by atoms with Crippen LogP contribution in [0.1, 0.15) is 56.1 Å². The smallest absolute Gasteiger partial charge is 0.191 e. The third-order valence-corrected chi connectivity index (χ3v) is 7.80. The largest absolute Gasteiger partial charge is 0.355 e. The Balaban J connectivity index is 0.00000341. The van der Waals surface area contributed by atoms with Crippen molar-refractivity contribution in [2.45, 2.75) is 69.4 Å². The van der Waals surface area contributed by atoms with Gasteiger partial charge in [0, 0.05) is 39.0 Å². The van der Waals surface area contributed by atoms with Crippen LogP contribution >= 0.6 is 24.0 Å². The summed E-state index contributed by atoms with van der Waals surface area (Å²) >= 11 is 0. The Morgan fingerprint density at radius 1 is 1.13 bits per heavy atom. The summed E-state index contributed by atoms with van der Waals surface area (Å²) in [6.45, 7) is 5.85. The second-order valence-corrected chi connectivity index (χ2v) is 11.0. The van der Waals surface area contributed by atoms with E-state index in [1.165, 1.54) is 64.3 Å². The van der Waals surface area contributed by atoms with Gasteiger partial charge in [-0.25, -0.2) is 8.42 Å².